The van der Waals surface area contributed by atoms with E-state index in [1.807, 2.05) is 0 Å². The number of hydrogen-bond acceptors (Lipinski definition) is 4. The number of carbonyl (C=O) groups is 1. The average molecular weight is 330 g/mol. The van der Waals surface area contributed by atoms with Crippen LogP contribution in [0.1, 0.15) is 12.8 Å². The van der Waals surface area contributed by atoms with Gasteiger partial charge in [-0.1, -0.05) is 0 Å². The zero-order chi connectivity index (χ0) is 16.2. The Bertz CT molecular complexity index is 610. The Labute approximate surface area is 129 Å². The van der Waals surface area contributed by atoms with Crippen molar-refractivity contribution in [1.29, 1.82) is 0 Å². The van der Waals surface area contributed by atoms with Crippen molar-refractivity contribution in [3.05, 3.63) is 30.1 Å². The van der Waals surface area contributed by atoms with Gasteiger partial charge in [0.25, 0.3) is 0 Å². The number of hydrogen-bond donors (Lipinski definition) is 1. The summed E-state index contributed by atoms with van der Waals surface area (Å²) in [7, 11) is -2.29. The van der Waals surface area contributed by atoms with Crippen LogP contribution in [-0.4, -0.2) is 46.2 Å². The topological polar surface area (TPSA) is 75.7 Å². The van der Waals surface area contributed by atoms with Gasteiger partial charge in [-0.25, -0.2) is 22.3 Å². The van der Waals surface area contributed by atoms with E-state index < -0.39 is 15.8 Å². The van der Waals surface area contributed by atoms with Crippen molar-refractivity contribution in [2.24, 2.45) is 5.92 Å². The third-order valence-electron chi connectivity index (χ3n) is 3.73. The van der Waals surface area contributed by atoms with Gasteiger partial charge < -0.3 is 9.64 Å². The van der Waals surface area contributed by atoms with Gasteiger partial charge >= 0.3 is 6.09 Å². The molecule has 0 atom stereocenters. The molecule has 2 rings (SSSR count). The first kappa shape index (κ1) is 16.7. The van der Waals surface area contributed by atoms with Crippen LogP contribution in [0, 0.1) is 11.7 Å². The predicted molar refractivity (Wildman–Crippen MR) is 78.3 cm³/mol. The largest absolute Gasteiger partial charge is 0.453 e. The lowest BCUT2D eigenvalue weighted by molar-refractivity contribution is 0.106. The second kappa shape index (κ2) is 7.06. The standard InChI is InChI=1S/C14H19FN2O4S/c1-21-14(18)17-8-6-11(7-9-17)10-16-22(19,20)13-4-2-12(15)3-5-13/h2-5,11,16H,6-10H2,1H3. The lowest BCUT2D eigenvalue weighted by atomic mass is 9.97. The van der Waals surface area contributed by atoms with Crippen molar-refractivity contribution in [2.75, 3.05) is 26.7 Å². The highest BCUT2D eigenvalue weighted by Gasteiger charge is 2.24. The zero-order valence-electron chi connectivity index (χ0n) is 12.3. The normalized spacial score (nSPS) is 16.5. The number of likely N-dealkylation sites (tertiary alicyclic amines) is 1. The lowest BCUT2D eigenvalue weighted by Gasteiger charge is -2.30. The second-order valence-corrected chi connectivity index (χ2v) is 6.97. The molecular formula is C14H19FN2O4S. The number of ether oxygens (including phenoxy) is 1. The molecule has 0 radical (unpaired) electrons. The minimum Gasteiger partial charge on any atom is -0.453 e. The van der Waals surface area contributed by atoms with Crippen LogP contribution in [0.3, 0.4) is 0 Å². The van der Waals surface area contributed by atoms with Crippen molar-refractivity contribution >= 4 is 16.1 Å². The molecule has 1 heterocycles. The van der Waals surface area contributed by atoms with Gasteiger partial charge in [-0.3, -0.25) is 0 Å². The Kier molecular flexibility index (Phi) is 5.36. The maximum absolute atomic E-state index is 12.8. The van der Waals surface area contributed by atoms with Gasteiger partial charge in [0.1, 0.15) is 5.82 Å². The van der Waals surface area contributed by atoms with Gasteiger partial charge in [0.2, 0.25) is 10.0 Å². The fourth-order valence-corrected chi connectivity index (χ4v) is 3.49. The SMILES string of the molecule is COC(=O)N1CCC(CNS(=O)(=O)c2ccc(F)cc2)CC1. The number of halogens is 1. The molecule has 1 aromatic rings. The van der Waals surface area contributed by atoms with E-state index in [4.69, 9.17) is 0 Å². The van der Waals surface area contributed by atoms with Gasteiger partial charge in [-0.15, -0.1) is 0 Å². The molecule has 0 saturated carbocycles. The molecule has 1 aliphatic rings. The number of sulfonamides is 1. The van der Waals surface area contributed by atoms with Crippen LogP contribution in [-0.2, 0) is 14.8 Å². The number of nitrogens with one attached hydrogen (secondary N) is 1. The van der Waals surface area contributed by atoms with Gasteiger partial charge in [0.15, 0.2) is 0 Å². The smallest absolute Gasteiger partial charge is 0.409 e. The minimum absolute atomic E-state index is 0.0425. The lowest BCUT2D eigenvalue weighted by Crippen LogP contribution is -2.41. The van der Waals surface area contributed by atoms with E-state index in [1.165, 1.54) is 19.2 Å². The van der Waals surface area contributed by atoms with Crippen LogP contribution in [0.25, 0.3) is 0 Å². The molecule has 1 N–H and O–H groups in total. The molecule has 1 aromatic carbocycles. The summed E-state index contributed by atoms with van der Waals surface area (Å²) in [6, 6.07) is 4.70. The maximum Gasteiger partial charge on any atom is 0.409 e. The van der Waals surface area contributed by atoms with Crippen molar-refractivity contribution < 1.29 is 22.3 Å². The van der Waals surface area contributed by atoms with Crippen molar-refractivity contribution in [3.63, 3.8) is 0 Å². The Morgan fingerprint density at radius 1 is 1.32 bits per heavy atom. The van der Waals surface area contributed by atoms with Gasteiger partial charge in [-0.2, -0.15) is 0 Å². The number of benzene rings is 1. The highest BCUT2D eigenvalue weighted by molar-refractivity contribution is 7.89. The third-order valence-corrected chi connectivity index (χ3v) is 5.17. The number of piperidine rings is 1. The first-order chi connectivity index (χ1) is 10.4. The summed E-state index contributed by atoms with van der Waals surface area (Å²) in [5.74, 6) is -0.315. The summed E-state index contributed by atoms with van der Waals surface area (Å²) in [6.07, 6.45) is 1.06. The van der Waals surface area contributed by atoms with Crippen LogP contribution < -0.4 is 4.72 Å². The number of methoxy groups -OCH3 is 1. The quantitative estimate of drug-likeness (QED) is 0.909. The summed E-state index contributed by atoms with van der Waals surface area (Å²) in [5, 5.41) is 0. The molecule has 1 fully saturated rings. The molecule has 0 aliphatic carbocycles. The van der Waals surface area contributed by atoms with Crippen molar-refractivity contribution in [3.8, 4) is 0 Å². The summed E-state index contributed by atoms with van der Waals surface area (Å²) in [5.41, 5.74) is 0. The Morgan fingerprint density at radius 3 is 2.45 bits per heavy atom. The second-order valence-electron chi connectivity index (χ2n) is 5.21. The van der Waals surface area contributed by atoms with Crippen LogP contribution >= 0.6 is 0 Å². The number of carbonyl (C=O) groups excluding carboxylic acids is 1. The maximum atomic E-state index is 12.8. The molecule has 1 aliphatic heterocycles. The van der Waals surface area contributed by atoms with Crippen LogP contribution in [0.15, 0.2) is 29.2 Å². The Morgan fingerprint density at radius 2 is 1.91 bits per heavy atom. The number of amides is 1. The third kappa shape index (κ3) is 4.17. The fourth-order valence-electron chi connectivity index (χ4n) is 2.37. The summed E-state index contributed by atoms with van der Waals surface area (Å²) in [4.78, 5) is 13.0. The van der Waals surface area contributed by atoms with Gasteiger partial charge in [0.05, 0.1) is 12.0 Å². The Balaban J connectivity index is 1.86. The van der Waals surface area contributed by atoms with Crippen molar-refractivity contribution in [2.45, 2.75) is 17.7 Å². The van der Waals surface area contributed by atoms with E-state index in [0.29, 0.717) is 32.5 Å². The van der Waals surface area contributed by atoms with E-state index in [9.17, 15) is 17.6 Å². The van der Waals surface area contributed by atoms with E-state index in [1.54, 1.807) is 4.90 Å². The Hall–Kier alpha value is -1.67. The highest BCUT2D eigenvalue weighted by atomic mass is 32.2. The summed E-state index contributed by atoms with van der Waals surface area (Å²) in [6.45, 7) is 1.40. The monoisotopic (exact) mass is 330 g/mol. The highest BCUT2D eigenvalue weighted by Crippen LogP contribution is 2.18. The summed E-state index contributed by atoms with van der Waals surface area (Å²) < 4.78 is 44.2. The van der Waals surface area contributed by atoms with Gasteiger partial charge in [0, 0.05) is 19.6 Å². The molecule has 0 unspecified atom stereocenters. The fraction of sp³-hybridized carbons (Fsp3) is 0.500. The molecular weight excluding hydrogens is 311 g/mol. The molecule has 1 saturated heterocycles. The van der Waals surface area contributed by atoms with Gasteiger partial charge in [-0.05, 0) is 43.0 Å². The molecule has 122 valence electrons. The van der Waals surface area contributed by atoms with E-state index in [-0.39, 0.29) is 16.9 Å². The van der Waals surface area contributed by atoms with Crippen LogP contribution in [0.4, 0.5) is 9.18 Å². The van der Waals surface area contributed by atoms with E-state index >= 15 is 0 Å². The molecule has 0 bridgehead atoms. The number of nitrogens with zero attached hydrogens (tertiary/aromatic N) is 1. The molecule has 22 heavy (non-hydrogen) atoms. The van der Waals surface area contributed by atoms with Crippen molar-refractivity contribution in [1.82, 2.24) is 9.62 Å². The molecule has 6 nitrogen and oxygen atoms in total. The molecule has 0 aromatic heterocycles. The predicted octanol–water partition coefficient (Wildman–Crippen LogP) is 1.58. The van der Waals surface area contributed by atoms with E-state index in [2.05, 4.69) is 9.46 Å². The zero-order valence-corrected chi connectivity index (χ0v) is 13.1. The molecule has 1 amide bonds. The minimum atomic E-state index is -3.63. The molecule has 8 heteroatoms. The van der Waals surface area contributed by atoms with Crippen LogP contribution in [0.2, 0.25) is 0 Å². The number of rotatable bonds is 4. The van der Waals surface area contributed by atoms with E-state index in [0.717, 1.165) is 12.1 Å². The average Bonchev–Trinajstić information content (AvgIpc) is 2.53. The molecule has 0 spiro atoms. The van der Waals surface area contributed by atoms with Crippen LogP contribution in [0.5, 0.6) is 0 Å². The first-order valence-corrected chi connectivity index (χ1v) is 8.49. The first-order valence-electron chi connectivity index (χ1n) is 7.00. The summed E-state index contributed by atoms with van der Waals surface area (Å²) >= 11 is 0.